The van der Waals surface area contributed by atoms with Crippen LogP contribution in [0.3, 0.4) is 0 Å². The number of fused-ring (bicyclic) bond motifs is 2. The van der Waals surface area contributed by atoms with E-state index in [2.05, 4.69) is 31.3 Å². The fourth-order valence-electron chi connectivity index (χ4n) is 5.80. The van der Waals surface area contributed by atoms with Crippen molar-refractivity contribution in [2.75, 3.05) is 20.2 Å². The average molecular weight is 401 g/mol. The lowest BCUT2D eigenvalue weighted by Gasteiger charge is -2.51. The van der Waals surface area contributed by atoms with Crippen LogP contribution < -0.4 is 10.1 Å². The Morgan fingerprint density at radius 2 is 2.14 bits per heavy atom. The fraction of sp³-hybridized carbons (Fsp3) is 0.625. The van der Waals surface area contributed by atoms with Crippen LogP contribution in [0.2, 0.25) is 0 Å². The van der Waals surface area contributed by atoms with Crippen LogP contribution in [0.25, 0.3) is 0 Å². The summed E-state index contributed by atoms with van der Waals surface area (Å²) in [4.78, 5) is 12.6. The summed E-state index contributed by atoms with van der Waals surface area (Å²) in [5.41, 5.74) is 2.23. The van der Waals surface area contributed by atoms with Crippen molar-refractivity contribution >= 4 is 5.97 Å². The van der Waals surface area contributed by atoms with Crippen molar-refractivity contribution in [3.8, 4) is 5.75 Å². The number of methoxy groups -OCH3 is 1. The Hall–Kier alpha value is -1.85. The van der Waals surface area contributed by atoms with Gasteiger partial charge in [-0.05, 0) is 30.4 Å². The first-order valence-electron chi connectivity index (χ1n) is 11.0. The molecule has 0 spiro atoms. The second-order valence-electron chi connectivity index (χ2n) is 9.17. The van der Waals surface area contributed by atoms with Gasteiger partial charge in [-0.3, -0.25) is 4.79 Å². The van der Waals surface area contributed by atoms with Crippen LogP contribution in [0.15, 0.2) is 35.9 Å². The highest BCUT2D eigenvalue weighted by molar-refractivity contribution is 5.76. The lowest BCUT2D eigenvalue weighted by Crippen LogP contribution is -2.86. The number of benzene rings is 1. The van der Waals surface area contributed by atoms with Gasteiger partial charge in [-0.25, -0.2) is 0 Å². The van der Waals surface area contributed by atoms with E-state index in [0.29, 0.717) is 12.5 Å². The molecule has 2 fully saturated rings. The van der Waals surface area contributed by atoms with Crippen LogP contribution in [0.4, 0.5) is 0 Å². The maximum atomic E-state index is 12.6. The first-order valence-corrected chi connectivity index (χ1v) is 11.0. The monoisotopic (exact) mass is 400 g/mol. The standard InChI is InChI=1S/C24H33NO4/c1-15-7-6-9-17-13-20-21(22(26)24(15,17)2)18(23(27)29-20)14-25-12-11-16-8-4-5-10-19(16)28-3/h4-5,8-10,15,18,20-22,25-26H,6-7,11-14H2,1-3H3/p+1/t15-,18-,20-,21-,22+,24-/m1/s1. The molecule has 29 heavy (non-hydrogen) atoms. The van der Waals surface area contributed by atoms with Gasteiger partial charge in [0.05, 0.1) is 26.3 Å². The van der Waals surface area contributed by atoms with Crippen LogP contribution in [-0.2, 0) is 16.0 Å². The zero-order valence-corrected chi connectivity index (χ0v) is 17.8. The topological polar surface area (TPSA) is 72.4 Å². The molecule has 3 aliphatic rings. The normalized spacial score (nSPS) is 36.1. The van der Waals surface area contributed by atoms with E-state index >= 15 is 0 Å². The highest BCUT2D eigenvalue weighted by Gasteiger charge is 2.60. The number of nitrogens with two attached hydrogens (primary N) is 1. The first kappa shape index (κ1) is 20.4. The van der Waals surface area contributed by atoms with Gasteiger partial charge in [-0.2, -0.15) is 0 Å². The number of allylic oxidation sites excluding steroid dienone is 1. The highest BCUT2D eigenvalue weighted by Crippen LogP contribution is 2.55. The summed E-state index contributed by atoms with van der Waals surface area (Å²) in [6.45, 7) is 5.96. The van der Waals surface area contributed by atoms with Crippen LogP contribution in [-0.4, -0.2) is 43.5 Å². The van der Waals surface area contributed by atoms with E-state index in [4.69, 9.17) is 9.47 Å². The summed E-state index contributed by atoms with van der Waals surface area (Å²) >= 11 is 0. The Morgan fingerprint density at radius 3 is 2.93 bits per heavy atom. The fourth-order valence-corrected chi connectivity index (χ4v) is 5.80. The predicted molar refractivity (Wildman–Crippen MR) is 110 cm³/mol. The molecule has 3 N–H and O–H groups in total. The lowest BCUT2D eigenvalue weighted by molar-refractivity contribution is -0.659. The number of quaternary nitrogens is 1. The van der Waals surface area contributed by atoms with Gasteiger partial charge in [0, 0.05) is 24.2 Å². The molecule has 1 saturated carbocycles. The van der Waals surface area contributed by atoms with E-state index in [1.807, 2.05) is 18.2 Å². The number of hydrogen-bond donors (Lipinski definition) is 2. The van der Waals surface area contributed by atoms with Crippen molar-refractivity contribution in [1.82, 2.24) is 0 Å². The molecular formula is C24H34NO4+. The van der Waals surface area contributed by atoms with Crippen LogP contribution in [0.1, 0.15) is 38.7 Å². The zero-order chi connectivity index (χ0) is 20.6. The molecule has 5 heteroatoms. The van der Waals surface area contributed by atoms with Crippen molar-refractivity contribution in [3.63, 3.8) is 0 Å². The number of aliphatic hydroxyl groups is 1. The number of carbonyl (C=O) groups is 1. The quantitative estimate of drug-likeness (QED) is 0.436. The van der Waals surface area contributed by atoms with Crippen molar-refractivity contribution in [1.29, 1.82) is 0 Å². The van der Waals surface area contributed by atoms with Gasteiger partial charge in [0.25, 0.3) is 0 Å². The predicted octanol–water partition coefficient (Wildman–Crippen LogP) is 2.09. The summed E-state index contributed by atoms with van der Waals surface area (Å²) in [5, 5.41) is 13.6. The van der Waals surface area contributed by atoms with Crippen molar-refractivity contribution in [2.24, 2.45) is 23.2 Å². The smallest absolute Gasteiger partial charge is 0.315 e. The Bertz CT molecular complexity index is 791. The highest BCUT2D eigenvalue weighted by atomic mass is 16.6. The third-order valence-electron chi connectivity index (χ3n) is 7.80. The number of carbonyl (C=O) groups excluding carboxylic acids is 1. The molecule has 0 aromatic heterocycles. The summed E-state index contributed by atoms with van der Waals surface area (Å²) in [7, 11) is 1.69. The number of aliphatic hydroxyl groups excluding tert-OH is 1. The van der Waals surface area contributed by atoms with Crippen LogP contribution in [0.5, 0.6) is 5.75 Å². The van der Waals surface area contributed by atoms with E-state index in [1.54, 1.807) is 7.11 Å². The third-order valence-corrected chi connectivity index (χ3v) is 7.80. The van der Waals surface area contributed by atoms with Crippen LogP contribution >= 0.6 is 0 Å². The molecule has 1 saturated heterocycles. The molecule has 0 unspecified atom stereocenters. The Balaban J connectivity index is 1.41. The third kappa shape index (κ3) is 3.49. The van der Waals surface area contributed by atoms with Gasteiger partial charge in [0.1, 0.15) is 17.8 Å². The number of ether oxygens (including phenoxy) is 2. The second kappa shape index (κ2) is 8.11. The van der Waals surface area contributed by atoms with Crippen molar-refractivity contribution in [2.45, 2.75) is 51.7 Å². The maximum Gasteiger partial charge on any atom is 0.315 e. The van der Waals surface area contributed by atoms with Crippen LogP contribution in [0, 0.1) is 23.2 Å². The largest absolute Gasteiger partial charge is 0.496 e. The van der Waals surface area contributed by atoms with Crippen molar-refractivity contribution < 1.29 is 24.7 Å². The number of hydrogen-bond acceptors (Lipinski definition) is 4. The maximum absolute atomic E-state index is 12.6. The van der Waals surface area contributed by atoms with Gasteiger partial charge in [-0.15, -0.1) is 0 Å². The molecule has 2 aliphatic carbocycles. The molecule has 1 aromatic rings. The summed E-state index contributed by atoms with van der Waals surface area (Å²) < 4.78 is 11.2. The molecule has 1 aromatic carbocycles. The summed E-state index contributed by atoms with van der Waals surface area (Å²) in [6, 6.07) is 8.05. The second-order valence-corrected chi connectivity index (χ2v) is 9.17. The minimum Gasteiger partial charge on any atom is -0.496 e. The van der Waals surface area contributed by atoms with Gasteiger partial charge < -0.3 is 19.9 Å². The lowest BCUT2D eigenvalue weighted by atomic mass is 9.55. The minimum atomic E-state index is -0.526. The van der Waals surface area contributed by atoms with Gasteiger partial charge in [0.15, 0.2) is 0 Å². The number of para-hydroxylation sites is 1. The molecule has 158 valence electrons. The van der Waals surface area contributed by atoms with E-state index < -0.39 is 6.10 Å². The first-order chi connectivity index (χ1) is 14.0. The number of rotatable bonds is 6. The molecule has 1 heterocycles. The average Bonchev–Trinajstić information content (AvgIpc) is 3.03. The molecule has 6 atom stereocenters. The summed E-state index contributed by atoms with van der Waals surface area (Å²) in [6.07, 6.45) is 5.40. The summed E-state index contributed by atoms with van der Waals surface area (Å²) in [5.74, 6) is 0.850. The molecular weight excluding hydrogens is 366 g/mol. The molecule has 0 bridgehead atoms. The molecule has 5 nitrogen and oxygen atoms in total. The number of esters is 1. The van der Waals surface area contributed by atoms with E-state index in [1.165, 1.54) is 11.1 Å². The SMILES string of the molecule is COc1ccccc1CC[NH2+]C[C@H]1C(=O)O[C@@H]2CC3=CCC[C@@H](C)[C@@]3(C)[C@@H](O)[C@@H]21. The van der Waals surface area contributed by atoms with Crippen molar-refractivity contribution in [3.05, 3.63) is 41.5 Å². The van der Waals surface area contributed by atoms with E-state index in [-0.39, 0.29) is 29.3 Å². The van der Waals surface area contributed by atoms with Gasteiger partial charge in [0.2, 0.25) is 0 Å². The Kier molecular flexibility index (Phi) is 5.71. The van der Waals surface area contributed by atoms with E-state index in [0.717, 1.165) is 38.0 Å². The van der Waals surface area contributed by atoms with Gasteiger partial charge >= 0.3 is 5.97 Å². The Labute approximate surface area is 173 Å². The molecule has 0 amide bonds. The van der Waals surface area contributed by atoms with E-state index in [9.17, 15) is 9.90 Å². The minimum absolute atomic E-state index is 0.104. The van der Waals surface area contributed by atoms with Gasteiger partial charge in [-0.1, -0.05) is 43.7 Å². The molecule has 4 rings (SSSR count). The molecule has 1 aliphatic heterocycles. The zero-order valence-electron chi connectivity index (χ0n) is 17.8. The molecule has 0 radical (unpaired) electrons. The Morgan fingerprint density at radius 1 is 1.34 bits per heavy atom.